The van der Waals surface area contributed by atoms with Gasteiger partial charge in [-0.2, -0.15) is 0 Å². The molecule has 0 aliphatic carbocycles. The molecule has 0 fully saturated rings. The number of benzene rings is 2. The lowest BCUT2D eigenvalue weighted by atomic mass is 10.1. The summed E-state index contributed by atoms with van der Waals surface area (Å²) in [4.78, 5) is 30.5. The van der Waals surface area contributed by atoms with E-state index < -0.39 is 0 Å². The minimum atomic E-state index is -0.260. The number of aromatic nitrogens is 2. The first-order valence-corrected chi connectivity index (χ1v) is 9.33. The number of H-pyrrole nitrogens is 1. The molecule has 0 saturated carbocycles. The summed E-state index contributed by atoms with van der Waals surface area (Å²) in [5, 5.41) is 3.86. The summed E-state index contributed by atoms with van der Waals surface area (Å²) < 4.78 is 5.23. The lowest BCUT2D eigenvalue weighted by Crippen LogP contribution is -2.12. The Morgan fingerprint density at radius 2 is 2.00 bits per heavy atom. The normalized spacial score (nSPS) is 10.4. The number of rotatable bonds is 6. The van der Waals surface area contributed by atoms with E-state index in [9.17, 15) is 9.59 Å². The van der Waals surface area contributed by atoms with Gasteiger partial charge in [0.05, 0.1) is 12.8 Å². The Hall–Kier alpha value is -2.77. The molecule has 0 radical (unpaired) electrons. The van der Waals surface area contributed by atoms with Crippen LogP contribution in [-0.2, 0) is 5.75 Å². The summed E-state index contributed by atoms with van der Waals surface area (Å²) in [6.07, 6.45) is 1.47. The predicted molar refractivity (Wildman–Crippen MR) is 107 cm³/mol. The van der Waals surface area contributed by atoms with E-state index in [4.69, 9.17) is 16.3 Å². The van der Waals surface area contributed by atoms with Gasteiger partial charge >= 0.3 is 0 Å². The fourth-order valence-electron chi connectivity index (χ4n) is 2.30. The van der Waals surface area contributed by atoms with Gasteiger partial charge in [0.1, 0.15) is 5.75 Å². The number of ether oxygens (including phenoxy) is 1. The highest BCUT2D eigenvalue weighted by molar-refractivity contribution is 7.98. The van der Waals surface area contributed by atoms with Gasteiger partial charge in [-0.3, -0.25) is 9.59 Å². The van der Waals surface area contributed by atoms with E-state index in [1.807, 2.05) is 12.1 Å². The molecule has 3 aromatic rings. The molecule has 0 spiro atoms. The average Bonchev–Trinajstić information content (AvgIpc) is 2.67. The van der Waals surface area contributed by atoms with Crippen molar-refractivity contribution in [2.45, 2.75) is 10.9 Å². The Balaban J connectivity index is 1.65. The average molecular weight is 402 g/mol. The van der Waals surface area contributed by atoms with E-state index in [0.717, 1.165) is 5.56 Å². The highest BCUT2D eigenvalue weighted by Crippen LogP contribution is 2.28. The molecule has 0 aliphatic heterocycles. The minimum Gasteiger partial charge on any atom is -0.495 e. The van der Waals surface area contributed by atoms with E-state index in [-0.39, 0.29) is 11.5 Å². The molecule has 2 N–H and O–H groups in total. The number of amides is 1. The molecule has 6 nitrogen and oxygen atoms in total. The molecular formula is C19H16ClN3O3S. The Labute approximate surface area is 164 Å². The Kier molecular flexibility index (Phi) is 6.16. The number of nitrogens with zero attached hydrogens (tertiary/aromatic N) is 1. The Morgan fingerprint density at radius 3 is 2.70 bits per heavy atom. The molecule has 8 heteroatoms. The van der Waals surface area contributed by atoms with Crippen molar-refractivity contribution in [3.05, 3.63) is 81.2 Å². The van der Waals surface area contributed by atoms with Crippen LogP contribution in [0.4, 0.5) is 5.69 Å². The van der Waals surface area contributed by atoms with Crippen molar-refractivity contribution in [3.63, 3.8) is 0 Å². The molecule has 1 amide bonds. The van der Waals surface area contributed by atoms with Crippen LogP contribution >= 0.6 is 23.4 Å². The molecule has 3 rings (SSSR count). The standard InChI is InChI=1S/C19H16ClN3O3S/c1-26-16-7-6-14(20)10-15(16)22-18(25)13-4-2-12(3-5-13)11-27-19-21-9-8-17(24)23-19/h2-10H,11H2,1H3,(H,22,25)(H,21,23,24). The van der Waals surface area contributed by atoms with Gasteiger partial charge in [0.15, 0.2) is 5.16 Å². The first kappa shape index (κ1) is 19.0. The molecule has 138 valence electrons. The summed E-state index contributed by atoms with van der Waals surface area (Å²) in [5.74, 6) is 0.894. The van der Waals surface area contributed by atoms with Gasteiger partial charge < -0.3 is 15.0 Å². The fraction of sp³-hybridized carbons (Fsp3) is 0.105. The number of nitrogens with one attached hydrogen (secondary N) is 2. The molecule has 0 unspecified atom stereocenters. The monoisotopic (exact) mass is 401 g/mol. The van der Waals surface area contributed by atoms with Gasteiger partial charge in [-0.1, -0.05) is 35.5 Å². The van der Waals surface area contributed by atoms with Gasteiger partial charge in [-0.15, -0.1) is 0 Å². The zero-order chi connectivity index (χ0) is 19.2. The first-order valence-electron chi connectivity index (χ1n) is 7.97. The number of hydrogen-bond acceptors (Lipinski definition) is 5. The van der Waals surface area contributed by atoms with Gasteiger partial charge in [0.25, 0.3) is 11.5 Å². The van der Waals surface area contributed by atoms with Crippen LogP contribution in [0.1, 0.15) is 15.9 Å². The van der Waals surface area contributed by atoms with Crippen LogP contribution in [0.5, 0.6) is 5.75 Å². The summed E-state index contributed by atoms with van der Waals surface area (Å²) in [6, 6.07) is 13.6. The molecule has 0 aliphatic rings. The summed E-state index contributed by atoms with van der Waals surface area (Å²) in [7, 11) is 1.53. The van der Waals surface area contributed by atoms with Gasteiger partial charge in [0, 0.05) is 28.6 Å². The number of methoxy groups -OCH3 is 1. The van der Waals surface area contributed by atoms with Crippen LogP contribution in [0.25, 0.3) is 0 Å². The van der Waals surface area contributed by atoms with E-state index >= 15 is 0 Å². The second kappa shape index (κ2) is 8.75. The molecule has 0 saturated heterocycles. The van der Waals surface area contributed by atoms with Crippen LogP contribution < -0.4 is 15.6 Å². The maximum absolute atomic E-state index is 12.5. The maximum atomic E-state index is 12.5. The second-order valence-corrected chi connectivity index (χ2v) is 6.92. The van der Waals surface area contributed by atoms with Crippen molar-refractivity contribution in [1.82, 2.24) is 9.97 Å². The lowest BCUT2D eigenvalue weighted by Gasteiger charge is -2.11. The third kappa shape index (κ3) is 5.12. The maximum Gasteiger partial charge on any atom is 0.255 e. The van der Waals surface area contributed by atoms with Crippen LogP contribution in [0.2, 0.25) is 5.02 Å². The molecule has 2 aromatic carbocycles. The third-order valence-electron chi connectivity index (χ3n) is 3.65. The zero-order valence-electron chi connectivity index (χ0n) is 14.4. The van der Waals surface area contributed by atoms with E-state index in [1.54, 1.807) is 30.3 Å². The fourth-order valence-corrected chi connectivity index (χ4v) is 3.28. The lowest BCUT2D eigenvalue weighted by molar-refractivity contribution is 0.102. The molecule has 1 heterocycles. The molecule has 1 aromatic heterocycles. The highest BCUT2D eigenvalue weighted by atomic mass is 35.5. The topological polar surface area (TPSA) is 84.1 Å². The number of carbonyl (C=O) groups excluding carboxylic acids is 1. The van der Waals surface area contributed by atoms with Gasteiger partial charge in [0.2, 0.25) is 0 Å². The Bertz CT molecular complexity index is 1010. The van der Waals surface area contributed by atoms with Crippen LogP contribution in [0.15, 0.2) is 64.7 Å². The summed E-state index contributed by atoms with van der Waals surface area (Å²) in [5.41, 5.74) is 1.84. The van der Waals surface area contributed by atoms with Crippen molar-refractivity contribution in [3.8, 4) is 5.75 Å². The smallest absolute Gasteiger partial charge is 0.255 e. The van der Waals surface area contributed by atoms with E-state index in [1.165, 1.54) is 31.1 Å². The summed E-state index contributed by atoms with van der Waals surface area (Å²) >= 11 is 7.40. The Morgan fingerprint density at radius 1 is 1.22 bits per heavy atom. The van der Waals surface area contributed by atoms with Crippen molar-refractivity contribution in [1.29, 1.82) is 0 Å². The quantitative estimate of drug-likeness (QED) is 0.482. The number of hydrogen-bond donors (Lipinski definition) is 2. The van der Waals surface area contributed by atoms with E-state index in [2.05, 4.69) is 15.3 Å². The third-order valence-corrected chi connectivity index (χ3v) is 4.84. The zero-order valence-corrected chi connectivity index (χ0v) is 15.9. The number of thioether (sulfide) groups is 1. The minimum absolute atomic E-state index is 0.184. The highest BCUT2D eigenvalue weighted by Gasteiger charge is 2.10. The van der Waals surface area contributed by atoms with Crippen molar-refractivity contribution in [2.75, 3.05) is 12.4 Å². The number of anilines is 1. The molecule has 0 bridgehead atoms. The van der Waals surface area contributed by atoms with E-state index in [0.29, 0.717) is 32.9 Å². The molecule has 27 heavy (non-hydrogen) atoms. The van der Waals surface area contributed by atoms with Crippen LogP contribution in [0.3, 0.4) is 0 Å². The predicted octanol–water partition coefficient (Wildman–Crippen LogP) is 3.98. The number of halogens is 1. The molecule has 0 atom stereocenters. The van der Waals surface area contributed by atoms with Crippen molar-refractivity contribution >= 4 is 35.0 Å². The van der Waals surface area contributed by atoms with Crippen molar-refractivity contribution in [2.24, 2.45) is 0 Å². The summed E-state index contributed by atoms with van der Waals surface area (Å²) in [6.45, 7) is 0. The van der Waals surface area contributed by atoms with Crippen molar-refractivity contribution < 1.29 is 9.53 Å². The SMILES string of the molecule is COc1ccc(Cl)cc1NC(=O)c1ccc(CSc2nccc(=O)[nH]2)cc1. The van der Waals surface area contributed by atoms with Crippen LogP contribution in [0, 0.1) is 0 Å². The van der Waals surface area contributed by atoms with Gasteiger partial charge in [-0.25, -0.2) is 4.98 Å². The first-order chi connectivity index (χ1) is 13.0. The number of aromatic amines is 1. The van der Waals surface area contributed by atoms with Crippen LogP contribution in [-0.4, -0.2) is 23.0 Å². The molecular weight excluding hydrogens is 386 g/mol. The number of carbonyl (C=O) groups is 1. The second-order valence-electron chi connectivity index (χ2n) is 5.52. The van der Waals surface area contributed by atoms with Gasteiger partial charge in [-0.05, 0) is 35.9 Å². The largest absolute Gasteiger partial charge is 0.495 e.